The number of hydrogen-bond donors (Lipinski definition) is 0. The van der Waals surface area contributed by atoms with Crippen molar-refractivity contribution in [3.8, 4) is 0 Å². The molecule has 1 nitrogen and oxygen atoms in total. The molecule has 0 saturated carbocycles. The lowest BCUT2D eigenvalue weighted by Gasteiger charge is -1.90. The SMILES string of the molecule is CCC(C)C[S+]=O. The van der Waals surface area contributed by atoms with Gasteiger partial charge in [0.1, 0.15) is 0 Å². The largest absolute Gasteiger partial charge is 0.458 e. The van der Waals surface area contributed by atoms with Crippen molar-refractivity contribution < 1.29 is 4.21 Å². The van der Waals surface area contributed by atoms with Crippen molar-refractivity contribution in [1.82, 2.24) is 0 Å². The van der Waals surface area contributed by atoms with Gasteiger partial charge in [-0.25, -0.2) is 0 Å². The average molecular weight is 119 g/mol. The molecule has 2 heteroatoms. The van der Waals surface area contributed by atoms with Gasteiger partial charge in [-0.3, -0.25) is 0 Å². The van der Waals surface area contributed by atoms with E-state index in [2.05, 4.69) is 13.8 Å². The Hall–Kier alpha value is 0.0200. The van der Waals surface area contributed by atoms with Crippen LogP contribution in [0.3, 0.4) is 0 Å². The van der Waals surface area contributed by atoms with Crippen LogP contribution in [0.25, 0.3) is 0 Å². The molecule has 0 fully saturated rings. The van der Waals surface area contributed by atoms with E-state index in [1.165, 1.54) is 0 Å². The lowest BCUT2D eigenvalue weighted by atomic mass is 10.2. The summed E-state index contributed by atoms with van der Waals surface area (Å²) in [7, 11) is 0. The summed E-state index contributed by atoms with van der Waals surface area (Å²) < 4.78 is 9.82. The maximum absolute atomic E-state index is 9.82. The van der Waals surface area contributed by atoms with Crippen LogP contribution in [0.1, 0.15) is 20.3 Å². The normalized spacial score (nSPS) is 13.4. The fourth-order valence-corrected chi connectivity index (χ4v) is 0.702. The molecule has 7 heavy (non-hydrogen) atoms. The minimum atomic E-state index is 0.600. The molecule has 0 amide bonds. The maximum atomic E-state index is 9.82. The molecule has 0 aliphatic carbocycles. The van der Waals surface area contributed by atoms with Crippen LogP contribution in [0, 0.1) is 5.92 Å². The van der Waals surface area contributed by atoms with E-state index >= 15 is 0 Å². The molecule has 1 unspecified atom stereocenters. The second-order valence-corrected chi connectivity index (χ2v) is 2.37. The minimum Gasteiger partial charge on any atom is -0.0649 e. The van der Waals surface area contributed by atoms with Crippen LogP contribution in [0.5, 0.6) is 0 Å². The quantitative estimate of drug-likeness (QED) is 0.514. The van der Waals surface area contributed by atoms with Crippen LogP contribution in [-0.4, -0.2) is 5.75 Å². The van der Waals surface area contributed by atoms with Gasteiger partial charge in [0.2, 0.25) is 5.75 Å². The molecule has 0 rings (SSSR count). The molecule has 0 radical (unpaired) electrons. The zero-order valence-corrected chi connectivity index (χ0v) is 5.62. The van der Waals surface area contributed by atoms with Gasteiger partial charge in [-0.2, -0.15) is 0 Å². The maximum Gasteiger partial charge on any atom is 0.458 e. The second-order valence-electron chi connectivity index (χ2n) is 1.80. The number of rotatable bonds is 3. The summed E-state index contributed by atoms with van der Waals surface area (Å²) in [6.07, 6.45) is 1.12. The molecule has 0 spiro atoms. The van der Waals surface area contributed by atoms with Gasteiger partial charge in [0, 0.05) is 10.1 Å². The molecule has 0 aliphatic rings. The topological polar surface area (TPSA) is 17.1 Å². The van der Waals surface area contributed by atoms with E-state index in [0.717, 1.165) is 12.2 Å². The summed E-state index contributed by atoms with van der Waals surface area (Å²) >= 11 is 0.684. The third-order valence-corrected chi connectivity index (χ3v) is 1.75. The Morgan fingerprint density at radius 3 is 2.43 bits per heavy atom. The second kappa shape index (κ2) is 4.19. The monoisotopic (exact) mass is 119 g/mol. The van der Waals surface area contributed by atoms with Gasteiger partial charge in [-0.15, -0.1) is 0 Å². The Bertz CT molecular complexity index is 54.0. The molecule has 0 bridgehead atoms. The molecule has 0 saturated heterocycles. The Balaban J connectivity index is 2.98. The van der Waals surface area contributed by atoms with Crippen LogP contribution in [0.15, 0.2) is 0 Å². The van der Waals surface area contributed by atoms with E-state index in [-0.39, 0.29) is 0 Å². The van der Waals surface area contributed by atoms with Crippen molar-refractivity contribution in [2.24, 2.45) is 5.92 Å². The standard InChI is InChI=1S/C5H11OS/c1-3-5(2)4-7-6/h5H,3-4H2,1-2H3/q+1. The van der Waals surface area contributed by atoms with Crippen LogP contribution < -0.4 is 0 Å². The summed E-state index contributed by atoms with van der Waals surface area (Å²) in [5.74, 6) is 1.36. The van der Waals surface area contributed by atoms with Crippen molar-refractivity contribution in [2.45, 2.75) is 20.3 Å². The fourth-order valence-electron chi connectivity index (χ4n) is 0.234. The van der Waals surface area contributed by atoms with Crippen molar-refractivity contribution in [3.05, 3.63) is 0 Å². The van der Waals surface area contributed by atoms with Crippen molar-refractivity contribution in [3.63, 3.8) is 0 Å². The van der Waals surface area contributed by atoms with Crippen molar-refractivity contribution in [2.75, 3.05) is 5.75 Å². The minimum absolute atomic E-state index is 0.600. The van der Waals surface area contributed by atoms with Gasteiger partial charge in [-0.05, 0) is 6.42 Å². The molecule has 1 atom stereocenters. The highest BCUT2D eigenvalue weighted by Crippen LogP contribution is 1.97. The van der Waals surface area contributed by atoms with Gasteiger partial charge in [0.05, 0.1) is 0 Å². The lowest BCUT2D eigenvalue weighted by Crippen LogP contribution is -1.95. The summed E-state index contributed by atoms with van der Waals surface area (Å²) in [6, 6.07) is 0. The van der Waals surface area contributed by atoms with Crippen LogP contribution in [0.2, 0.25) is 0 Å². The summed E-state index contributed by atoms with van der Waals surface area (Å²) in [5, 5.41) is 0. The van der Waals surface area contributed by atoms with Crippen LogP contribution in [0.4, 0.5) is 0 Å². The molecular weight excluding hydrogens is 108 g/mol. The van der Waals surface area contributed by atoms with Gasteiger partial charge in [0.25, 0.3) is 0 Å². The third kappa shape index (κ3) is 3.86. The predicted molar refractivity (Wildman–Crippen MR) is 32.4 cm³/mol. The van der Waals surface area contributed by atoms with E-state index in [0.29, 0.717) is 17.6 Å². The van der Waals surface area contributed by atoms with E-state index in [1.807, 2.05) is 0 Å². The summed E-state index contributed by atoms with van der Waals surface area (Å²) in [6.45, 7) is 4.19. The van der Waals surface area contributed by atoms with E-state index in [9.17, 15) is 4.21 Å². The summed E-state index contributed by atoms with van der Waals surface area (Å²) in [4.78, 5) is 0. The molecule has 42 valence electrons. The molecule has 0 heterocycles. The van der Waals surface area contributed by atoms with Gasteiger partial charge >= 0.3 is 11.7 Å². The molecule has 0 aromatic heterocycles. The highest BCUT2D eigenvalue weighted by molar-refractivity contribution is 7.65. The Morgan fingerprint density at radius 1 is 1.71 bits per heavy atom. The predicted octanol–water partition coefficient (Wildman–Crippen LogP) is 1.46. The van der Waals surface area contributed by atoms with Gasteiger partial charge in [-0.1, -0.05) is 13.8 Å². The Morgan fingerprint density at radius 2 is 2.29 bits per heavy atom. The zero-order valence-electron chi connectivity index (χ0n) is 4.81. The molecule has 0 aliphatic heterocycles. The van der Waals surface area contributed by atoms with Crippen molar-refractivity contribution in [1.29, 1.82) is 0 Å². The first kappa shape index (κ1) is 7.02. The van der Waals surface area contributed by atoms with E-state index in [1.54, 1.807) is 0 Å². The highest BCUT2D eigenvalue weighted by Gasteiger charge is 2.05. The molecular formula is C5H11OS+. The first-order valence-corrected chi connectivity index (χ1v) is 3.47. The van der Waals surface area contributed by atoms with Crippen molar-refractivity contribution >= 4 is 11.7 Å². The fraction of sp³-hybridized carbons (Fsp3) is 1.00. The average Bonchev–Trinajstić information content (AvgIpc) is 1.68. The smallest absolute Gasteiger partial charge is 0.0649 e. The first-order chi connectivity index (χ1) is 3.31. The van der Waals surface area contributed by atoms with Crippen LogP contribution in [-0.2, 0) is 15.9 Å². The van der Waals surface area contributed by atoms with E-state index in [4.69, 9.17) is 0 Å². The van der Waals surface area contributed by atoms with Crippen LogP contribution >= 0.6 is 0 Å². The highest BCUT2D eigenvalue weighted by atomic mass is 32.1. The summed E-state index contributed by atoms with van der Waals surface area (Å²) in [5.41, 5.74) is 0. The molecule has 0 N–H and O–H groups in total. The van der Waals surface area contributed by atoms with Gasteiger partial charge in [0.15, 0.2) is 0 Å². The Labute approximate surface area is 48.6 Å². The first-order valence-electron chi connectivity index (χ1n) is 2.56. The molecule has 0 aromatic rings. The third-order valence-electron chi connectivity index (χ3n) is 1.05. The Kier molecular flexibility index (Phi) is 4.20. The molecule has 0 aromatic carbocycles. The zero-order chi connectivity index (χ0) is 5.70. The van der Waals surface area contributed by atoms with Gasteiger partial charge < -0.3 is 0 Å². The lowest BCUT2D eigenvalue weighted by molar-refractivity contribution is 0.585. The van der Waals surface area contributed by atoms with E-state index < -0.39 is 0 Å². The number of hydrogen-bond acceptors (Lipinski definition) is 1.